The summed E-state index contributed by atoms with van der Waals surface area (Å²) in [6.45, 7) is 5.23. The number of hydrogen-bond acceptors (Lipinski definition) is 4. The molecule has 0 saturated carbocycles. The molecule has 0 unspecified atom stereocenters. The first-order chi connectivity index (χ1) is 9.01. The molecule has 0 bridgehead atoms. The molecule has 0 radical (unpaired) electrons. The van der Waals surface area contributed by atoms with E-state index < -0.39 is 5.97 Å². The SMILES string of the molecule is COCCN(c1ccc(C(=O)O)cc1C#N)C(C)C. The molecule has 0 amide bonds. The Balaban J connectivity index is 3.16. The molecule has 0 saturated heterocycles. The van der Waals surface area contributed by atoms with Crippen LogP contribution in [0.4, 0.5) is 5.69 Å². The molecule has 0 atom stereocenters. The summed E-state index contributed by atoms with van der Waals surface area (Å²) in [6.07, 6.45) is 0. The van der Waals surface area contributed by atoms with Gasteiger partial charge in [0.1, 0.15) is 6.07 Å². The predicted octanol–water partition coefficient (Wildman–Crippen LogP) is 2.12. The minimum absolute atomic E-state index is 0.121. The molecule has 1 N–H and O–H groups in total. The lowest BCUT2D eigenvalue weighted by atomic mass is 10.1. The quantitative estimate of drug-likeness (QED) is 0.850. The van der Waals surface area contributed by atoms with Gasteiger partial charge in [-0.2, -0.15) is 5.26 Å². The zero-order valence-corrected chi connectivity index (χ0v) is 11.4. The number of ether oxygens (including phenoxy) is 1. The van der Waals surface area contributed by atoms with Crippen LogP contribution in [0.3, 0.4) is 0 Å². The van der Waals surface area contributed by atoms with Gasteiger partial charge in [-0.15, -0.1) is 0 Å². The number of nitrogens with zero attached hydrogens (tertiary/aromatic N) is 2. The number of rotatable bonds is 6. The molecular formula is C14H18N2O3. The smallest absolute Gasteiger partial charge is 0.335 e. The van der Waals surface area contributed by atoms with Gasteiger partial charge < -0.3 is 14.7 Å². The van der Waals surface area contributed by atoms with Crippen LogP contribution in [0.25, 0.3) is 0 Å². The van der Waals surface area contributed by atoms with Crippen molar-refractivity contribution in [2.24, 2.45) is 0 Å². The van der Waals surface area contributed by atoms with Gasteiger partial charge in [-0.1, -0.05) is 0 Å². The number of anilines is 1. The molecular weight excluding hydrogens is 244 g/mol. The number of nitriles is 1. The molecule has 5 heteroatoms. The Hall–Kier alpha value is -2.06. The summed E-state index contributed by atoms with van der Waals surface area (Å²) in [4.78, 5) is 12.9. The average Bonchev–Trinajstić information content (AvgIpc) is 2.38. The third kappa shape index (κ3) is 3.70. The predicted molar refractivity (Wildman–Crippen MR) is 72.5 cm³/mol. The second kappa shape index (κ2) is 6.76. The fourth-order valence-electron chi connectivity index (χ4n) is 1.86. The molecule has 5 nitrogen and oxygen atoms in total. The maximum atomic E-state index is 10.9. The number of aromatic carboxylic acids is 1. The van der Waals surface area contributed by atoms with Gasteiger partial charge in [-0.25, -0.2) is 4.79 Å². The average molecular weight is 262 g/mol. The van der Waals surface area contributed by atoms with Crippen molar-refractivity contribution in [1.29, 1.82) is 5.26 Å². The molecule has 102 valence electrons. The second-order valence-corrected chi connectivity index (χ2v) is 4.43. The molecule has 1 rings (SSSR count). The van der Waals surface area contributed by atoms with Crippen LogP contribution >= 0.6 is 0 Å². The van der Waals surface area contributed by atoms with Gasteiger partial charge >= 0.3 is 5.97 Å². The molecule has 0 aromatic heterocycles. The van der Waals surface area contributed by atoms with Gasteiger partial charge in [0.15, 0.2) is 0 Å². The molecule has 0 aliphatic heterocycles. The van der Waals surface area contributed by atoms with Crippen LogP contribution < -0.4 is 4.90 Å². The van der Waals surface area contributed by atoms with E-state index in [4.69, 9.17) is 9.84 Å². The fourth-order valence-corrected chi connectivity index (χ4v) is 1.86. The van der Waals surface area contributed by atoms with Crippen molar-refractivity contribution in [3.63, 3.8) is 0 Å². The highest BCUT2D eigenvalue weighted by atomic mass is 16.5. The van der Waals surface area contributed by atoms with Crippen molar-refractivity contribution in [1.82, 2.24) is 0 Å². The standard InChI is InChI=1S/C14H18N2O3/c1-10(2)16(6-7-19-3)13-5-4-11(14(17)18)8-12(13)9-15/h4-5,8,10H,6-7H2,1-3H3,(H,17,18). The number of carboxylic acids is 1. The third-order valence-electron chi connectivity index (χ3n) is 2.83. The lowest BCUT2D eigenvalue weighted by Gasteiger charge is -2.29. The molecule has 19 heavy (non-hydrogen) atoms. The first-order valence-corrected chi connectivity index (χ1v) is 6.04. The Morgan fingerprint density at radius 3 is 2.68 bits per heavy atom. The highest BCUT2D eigenvalue weighted by molar-refractivity contribution is 5.89. The van der Waals surface area contributed by atoms with Crippen LogP contribution in [-0.2, 0) is 4.74 Å². The largest absolute Gasteiger partial charge is 0.478 e. The Morgan fingerprint density at radius 1 is 1.53 bits per heavy atom. The summed E-state index contributed by atoms with van der Waals surface area (Å²) in [5.41, 5.74) is 1.22. The molecule has 0 aliphatic rings. The van der Waals surface area contributed by atoms with Gasteiger partial charge in [0.25, 0.3) is 0 Å². The lowest BCUT2D eigenvalue weighted by Crippen LogP contribution is -2.34. The second-order valence-electron chi connectivity index (χ2n) is 4.43. The highest BCUT2D eigenvalue weighted by Crippen LogP contribution is 2.23. The van der Waals surface area contributed by atoms with Crippen molar-refractivity contribution in [3.05, 3.63) is 29.3 Å². The van der Waals surface area contributed by atoms with Crippen LogP contribution in [0.1, 0.15) is 29.8 Å². The van der Waals surface area contributed by atoms with E-state index >= 15 is 0 Å². The third-order valence-corrected chi connectivity index (χ3v) is 2.83. The van der Waals surface area contributed by atoms with Crippen molar-refractivity contribution < 1.29 is 14.6 Å². The molecule has 0 fully saturated rings. The lowest BCUT2D eigenvalue weighted by molar-refractivity contribution is 0.0697. The Bertz CT molecular complexity index is 492. The maximum Gasteiger partial charge on any atom is 0.335 e. The van der Waals surface area contributed by atoms with Crippen LogP contribution in [0.5, 0.6) is 0 Å². The van der Waals surface area contributed by atoms with Crippen molar-refractivity contribution in [2.75, 3.05) is 25.2 Å². The van der Waals surface area contributed by atoms with Gasteiger partial charge in [-0.05, 0) is 32.0 Å². The minimum Gasteiger partial charge on any atom is -0.478 e. The van der Waals surface area contributed by atoms with E-state index in [9.17, 15) is 10.1 Å². The minimum atomic E-state index is -1.03. The zero-order valence-electron chi connectivity index (χ0n) is 11.4. The van der Waals surface area contributed by atoms with E-state index in [-0.39, 0.29) is 11.6 Å². The van der Waals surface area contributed by atoms with Crippen LogP contribution in [0.15, 0.2) is 18.2 Å². The maximum absolute atomic E-state index is 10.9. The topological polar surface area (TPSA) is 73.6 Å². The number of carbonyl (C=O) groups is 1. The number of hydrogen-bond donors (Lipinski definition) is 1. The molecule has 0 aliphatic carbocycles. The Kier molecular flexibility index (Phi) is 5.34. The van der Waals surface area contributed by atoms with E-state index in [2.05, 4.69) is 6.07 Å². The van der Waals surface area contributed by atoms with Gasteiger partial charge in [0, 0.05) is 19.7 Å². The van der Waals surface area contributed by atoms with Crippen LogP contribution in [0, 0.1) is 11.3 Å². The normalized spacial score (nSPS) is 10.3. The van der Waals surface area contributed by atoms with E-state index in [1.807, 2.05) is 18.7 Å². The highest BCUT2D eigenvalue weighted by Gasteiger charge is 2.16. The number of carboxylic acid groups (broad SMARTS) is 1. The van der Waals surface area contributed by atoms with Gasteiger partial charge in [0.2, 0.25) is 0 Å². The van der Waals surface area contributed by atoms with Crippen LogP contribution in [0.2, 0.25) is 0 Å². The zero-order chi connectivity index (χ0) is 14.4. The molecule has 1 aromatic rings. The van der Waals surface area contributed by atoms with E-state index in [0.717, 1.165) is 5.69 Å². The van der Waals surface area contributed by atoms with E-state index in [1.165, 1.54) is 12.1 Å². The number of methoxy groups -OCH3 is 1. The summed E-state index contributed by atoms with van der Waals surface area (Å²) in [5.74, 6) is -1.03. The first kappa shape index (κ1) is 15.0. The Labute approximate surface area is 113 Å². The monoisotopic (exact) mass is 262 g/mol. The van der Waals surface area contributed by atoms with Crippen molar-refractivity contribution in [3.8, 4) is 6.07 Å². The van der Waals surface area contributed by atoms with Gasteiger partial charge in [0.05, 0.1) is 23.4 Å². The van der Waals surface area contributed by atoms with E-state index in [1.54, 1.807) is 13.2 Å². The summed E-state index contributed by atoms with van der Waals surface area (Å²) < 4.78 is 5.06. The molecule has 1 aromatic carbocycles. The molecule has 0 spiro atoms. The number of benzene rings is 1. The first-order valence-electron chi connectivity index (χ1n) is 6.04. The summed E-state index contributed by atoms with van der Waals surface area (Å²) in [7, 11) is 1.62. The fraction of sp³-hybridized carbons (Fsp3) is 0.429. The van der Waals surface area contributed by atoms with Crippen LogP contribution in [-0.4, -0.2) is 37.4 Å². The van der Waals surface area contributed by atoms with Gasteiger partial charge in [-0.3, -0.25) is 0 Å². The summed E-state index contributed by atoms with van der Waals surface area (Å²) >= 11 is 0. The van der Waals surface area contributed by atoms with E-state index in [0.29, 0.717) is 18.7 Å². The van der Waals surface area contributed by atoms with Crippen molar-refractivity contribution >= 4 is 11.7 Å². The van der Waals surface area contributed by atoms with Crippen molar-refractivity contribution in [2.45, 2.75) is 19.9 Å². The molecule has 0 heterocycles. The summed E-state index contributed by atoms with van der Waals surface area (Å²) in [6, 6.07) is 6.84. The summed E-state index contributed by atoms with van der Waals surface area (Å²) in [5, 5.41) is 18.1. The Morgan fingerprint density at radius 2 is 2.21 bits per heavy atom.